The summed E-state index contributed by atoms with van der Waals surface area (Å²) in [7, 11) is 0. The highest BCUT2D eigenvalue weighted by Crippen LogP contribution is 2.50. The van der Waals surface area contributed by atoms with Crippen molar-refractivity contribution in [1.82, 2.24) is 0 Å². The Morgan fingerprint density at radius 3 is 2.29 bits per heavy atom. The van der Waals surface area contributed by atoms with Crippen LogP contribution in [0.5, 0.6) is 5.75 Å². The highest BCUT2D eigenvalue weighted by molar-refractivity contribution is 5.95. The van der Waals surface area contributed by atoms with Gasteiger partial charge < -0.3 is 9.47 Å². The third-order valence-electron chi connectivity index (χ3n) is 9.12. The monoisotopic (exact) mass is 620 g/mol. The molecule has 0 bridgehead atoms. The minimum atomic E-state index is -2.85. The number of alkyl halides is 2. The molecule has 5 rings (SSSR count). The maximum absolute atomic E-state index is 17.4. The Morgan fingerprint density at radius 1 is 0.867 bits per heavy atom. The van der Waals surface area contributed by atoms with Gasteiger partial charge in [0.05, 0.1) is 12.2 Å². The van der Waals surface area contributed by atoms with Crippen molar-refractivity contribution in [1.29, 1.82) is 0 Å². The predicted octanol–water partition coefficient (Wildman–Crippen LogP) is 10.6. The largest absolute Gasteiger partial charge is 0.495 e. The Morgan fingerprint density at radius 2 is 1.58 bits per heavy atom. The molecule has 2 atom stereocenters. The summed E-state index contributed by atoms with van der Waals surface area (Å²) in [6.45, 7) is 3.95. The standard InChI is InChI=1S/C38H40F4O3/c1-3-5-7-12-25-17-19-26(20-18-25)28-21-23-32(35(40)34(28)39)45-37(43)29-15-10-11-16-31(29)38(42)30(27-13-8-6-9-14-27)22-24-33(36(38)41)44-4-2/h6,8-11,13-16,21-26,36H,3-5,7,12,17-20H2,1-2H3/t25-,26-,36?,38?. The van der Waals surface area contributed by atoms with Crippen LogP contribution in [0, 0.1) is 17.6 Å². The van der Waals surface area contributed by atoms with Gasteiger partial charge in [-0.05, 0) is 73.8 Å². The lowest BCUT2D eigenvalue weighted by Crippen LogP contribution is -2.39. The van der Waals surface area contributed by atoms with E-state index in [2.05, 4.69) is 6.92 Å². The summed E-state index contributed by atoms with van der Waals surface area (Å²) in [5.74, 6) is -3.76. The molecule has 0 spiro atoms. The fourth-order valence-corrected chi connectivity index (χ4v) is 6.72. The van der Waals surface area contributed by atoms with Crippen LogP contribution in [-0.2, 0) is 10.4 Å². The molecule has 45 heavy (non-hydrogen) atoms. The van der Waals surface area contributed by atoms with E-state index in [-0.39, 0.29) is 40.5 Å². The van der Waals surface area contributed by atoms with Crippen LogP contribution >= 0.6 is 0 Å². The molecule has 2 aliphatic carbocycles. The summed E-state index contributed by atoms with van der Waals surface area (Å²) < 4.78 is 75.0. The minimum absolute atomic E-state index is 0.0130. The van der Waals surface area contributed by atoms with E-state index in [0.29, 0.717) is 11.5 Å². The van der Waals surface area contributed by atoms with E-state index < -0.39 is 35.2 Å². The summed E-state index contributed by atoms with van der Waals surface area (Å²) >= 11 is 0. The van der Waals surface area contributed by atoms with Crippen LogP contribution in [0.2, 0.25) is 0 Å². The number of hydrogen-bond donors (Lipinski definition) is 0. The highest BCUT2D eigenvalue weighted by atomic mass is 19.2. The van der Waals surface area contributed by atoms with Crippen LogP contribution in [0.3, 0.4) is 0 Å². The van der Waals surface area contributed by atoms with Crippen LogP contribution in [0.25, 0.3) is 5.57 Å². The molecule has 2 aliphatic rings. The quantitative estimate of drug-likeness (QED) is 0.0926. The van der Waals surface area contributed by atoms with Crippen LogP contribution in [-0.4, -0.2) is 18.7 Å². The number of carbonyl (C=O) groups is 1. The van der Waals surface area contributed by atoms with Crippen molar-refractivity contribution in [2.45, 2.75) is 83.0 Å². The summed E-state index contributed by atoms with van der Waals surface area (Å²) in [6, 6.07) is 16.7. The Hall–Kier alpha value is -3.87. The molecule has 3 nitrogen and oxygen atoms in total. The maximum Gasteiger partial charge on any atom is 0.344 e. The van der Waals surface area contributed by atoms with Crippen molar-refractivity contribution < 1.29 is 31.8 Å². The molecule has 1 saturated carbocycles. The summed E-state index contributed by atoms with van der Waals surface area (Å²) in [5.41, 5.74) is -2.79. The van der Waals surface area contributed by atoms with Crippen LogP contribution in [0.15, 0.2) is 84.6 Å². The number of hydrogen-bond acceptors (Lipinski definition) is 3. The second-order valence-corrected chi connectivity index (χ2v) is 12.0. The van der Waals surface area contributed by atoms with E-state index in [1.807, 2.05) is 0 Å². The van der Waals surface area contributed by atoms with Crippen molar-refractivity contribution in [2.24, 2.45) is 5.92 Å². The van der Waals surface area contributed by atoms with Crippen LogP contribution < -0.4 is 4.74 Å². The van der Waals surface area contributed by atoms with Gasteiger partial charge in [-0.15, -0.1) is 0 Å². The second kappa shape index (κ2) is 14.5. The third kappa shape index (κ3) is 6.73. The number of halogens is 4. The number of rotatable bonds is 11. The van der Waals surface area contributed by atoms with E-state index in [1.165, 1.54) is 74.2 Å². The Balaban J connectivity index is 1.40. The minimum Gasteiger partial charge on any atom is -0.495 e. The molecule has 7 heteroatoms. The molecule has 0 saturated heterocycles. The van der Waals surface area contributed by atoms with Gasteiger partial charge in [-0.3, -0.25) is 0 Å². The number of unbranched alkanes of at least 4 members (excludes halogenated alkanes) is 2. The SMILES string of the molecule is CCCCC[C@H]1CC[C@H](c2ccc(OC(=O)c3ccccc3C3(F)C(c4ccccc4)=CC=C(OCC)C3F)c(F)c2F)CC1. The maximum atomic E-state index is 17.4. The van der Waals surface area contributed by atoms with Gasteiger partial charge in [0, 0.05) is 11.1 Å². The Bertz CT molecular complexity index is 1540. The van der Waals surface area contributed by atoms with Crippen molar-refractivity contribution in [3.05, 3.63) is 119 Å². The molecule has 3 aromatic rings. The van der Waals surface area contributed by atoms with Gasteiger partial charge in [0.1, 0.15) is 5.76 Å². The third-order valence-corrected chi connectivity index (χ3v) is 9.12. The van der Waals surface area contributed by atoms with Crippen molar-refractivity contribution in [2.75, 3.05) is 6.61 Å². The van der Waals surface area contributed by atoms with E-state index >= 15 is 17.6 Å². The lowest BCUT2D eigenvalue weighted by atomic mass is 9.75. The number of benzene rings is 3. The van der Waals surface area contributed by atoms with Crippen molar-refractivity contribution in [3.63, 3.8) is 0 Å². The molecule has 0 aromatic heterocycles. The first kappa shape index (κ1) is 32.5. The van der Waals surface area contributed by atoms with Gasteiger partial charge in [0.15, 0.2) is 17.7 Å². The number of esters is 1. The topological polar surface area (TPSA) is 35.5 Å². The summed E-state index contributed by atoms with van der Waals surface area (Å²) in [5, 5.41) is 0. The lowest BCUT2D eigenvalue weighted by Gasteiger charge is -2.36. The van der Waals surface area contributed by atoms with Gasteiger partial charge in [-0.25, -0.2) is 18.0 Å². The van der Waals surface area contributed by atoms with Gasteiger partial charge >= 0.3 is 5.97 Å². The van der Waals surface area contributed by atoms with Crippen LogP contribution in [0.1, 0.15) is 98.2 Å². The van der Waals surface area contributed by atoms with Crippen LogP contribution in [0.4, 0.5) is 17.6 Å². The smallest absolute Gasteiger partial charge is 0.344 e. The summed E-state index contributed by atoms with van der Waals surface area (Å²) in [6.07, 6.45) is 8.78. The molecule has 0 radical (unpaired) electrons. The van der Waals surface area contributed by atoms with E-state index in [0.717, 1.165) is 25.7 Å². The van der Waals surface area contributed by atoms with Crippen molar-refractivity contribution in [3.8, 4) is 5.75 Å². The molecule has 1 fully saturated rings. The van der Waals surface area contributed by atoms with Gasteiger partial charge in [0.2, 0.25) is 11.5 Å². The number of carbonyl (C=O) groups excluding carboxylic acids is 1. The molecule has 0 amide bonds. The molecule has 238 valence electrons. The normalized spacial score (nSPS) is 23.2. The first-order valence-electron chi connectivity index (χ1n) is 16.0. The van der Waals surface area contributed by atoms with Gasteiger partial charge in [-0.1, -0.05) is 93.3 Å². The zero-order chi connectivity index (χ0) is 32.0. The number of ether oxygens (including phenoxy) is 2. The first-order valence-corrected chi connectivity index (χ1v) is 16.0. The molecular weight excluding hydrogens is 580 g/mol. The zero-order valence-electron chi connectivity index (χ0n) is 25.8. The molecule has 0 N–H and O–H groups in total. The van der Waals surface area contributed by atoms with Gasteiger partial charge in [0.25, 0.3) is 0 Å². The Labute approximate surface area is 263 Å². The average Bonchev–Trinajstić information content (AvgIpc) is 3.06. The molecule has 0 heterocycles. The molecular formula is C38H40F4O3. The summed E-state index contributed by atoms with van der Waals surface area (Å²) in [4.78, 5) is 13.5. The molecule has 3 aromatic carbocycles. The Kier molecular flexibility index (Phi) is 10.5. The second-order valence-electron chi connectivity index (χ2n) is 12.0. The molecule has 0 aliphatic heterocycles. The zero-order valence-corrected chi connectivity index (χ0v) is 25.8. The predicted molar refractivity (Wildman–Crippen MR) is 168 cm³/mol. The van der Waals surface area contributed by atoms with E-state index in [9.17, 15) is 4.79 Å². The fraction of sp³-hybridized carbons (Fsp3) is 0.395. The molecule has 2 unspecified atom stereocenters. The lowest BCUT2D eigenvalue weighted by molar-refractivity contribution is 0.0616. The van der Waals surface area contributed by atoms with Crippen molar-refractivity contribution >= 4 is 11.5 Å². The number of allylic oxidation sites excluding steroid dienone is 4. The fourth-order valence-electron chi connectivity index (χ4n) is 6.72. The van der Waals surface area contributed by atoms with E-state index in [1.54, 1.807) is 37.3 Å². The first-order chi connectivity index (χ1) is 21.8. The van der Waals surface area contributed by atoms with E-state index in [4.69, 9.17) is 9.47 Å². The highest BCUT2D eigenvalue weighted by Gasteiger charge is 2.51. The average molecular weight is 621 g/mol. The van der Waals surface area contributed by atoms with Gasteiger partial charge in [-0.2, -0.15) is 4.39 Å².